The van der Waals surface area contributed by atoms with Crippen molar-refractivity contribution in [2.24, 2.45) is 5.92 Å². The highest BCUT2D eigenvalue weighted by atomic mass is 16.5. The van der Waals surface area contributed by atoms with E-state index in [0.717, 1.165) is 12.8 Å². The smallest absolute Gasteiger partial charge is 0.335 e. The second-order valence-electron chi connectivity index (χ2n) is 4.83. The summed E-state index contributed by atoms with van der Waals surface area (Å²) in [5.41, 5.74) is 0.836. The number of carboxylic acid groups (broad SMARTS) is 1. The molecule has 1 N–H and O–H groups in total. The summed E-state index contributed by atoms with van der Waals surface area (Å²) in [6.45, 7) is 4.27. The number of aryl methyl sites for hydroxylation is 1. The van der Waals surface area contributed by atoms with E-state index in [1.807, 2.05) is 0 Å². The minimum Gasteiger partial charge on any atom is -0.478 e. The molecule has 0 saturated heterocycles. The zero-order valence-electron chi connectivity index (χ0n) is 11.0. The van der Waals surface area contributed by atoms with Crippen LogP contribution in [0, 0.1) is 5.92 Å². The van der Waals surface area contributed by atoms with Crippen molar-refractivity contribution in [3.63, 3.8) is 0 Å². The van der Waals surface area contributed by atoms with E-state index in [2.05, 4.69) is 24.0 Å². The lowest BCUT2D eigenvalue weighted by Gasteiger charge is -1.99. The molecule has 5 heteroatoms. The first-order valence-electron chi connectivity index (χ1n) is 6.22. The highest BCUT2D eigenvalue weighted by Crippen LogP contribution is 2.19. The van der Waals surface area contributed by atoms with Gasteiger partial charge in [0.15, 0.2) is 5.82 Å². The summed E-state index contributed by atoms with van der Waals surface area (Å²) >= 11 is 0. The van der Waals surface area contributed by atoms with Gasteiger partial charge in [0.25, 0.3) is 5.89 Å². The number of aromatic nitrogens is 2. The highest BCUT2D eigenvalue weighted by molar-refractivity contribution is 5.88. The molecule has 19 heavy (non-hydrogen) atoms. The van der Waals surface area contributed by atoms with Crippen LogP contribution in [0.3, 0.4) is 0 Å². The first-order chi connectivity index (χ1) is 9.06. The van der Waals surface area contributed by atoms with Crippen molar-refractivity contribution < 1.29 is 14.4 Å². The van der Waals surface area contributed by atoms with E-state index in [1.165, 1.54) is 12.1 Å². The predicted molar refractivity (Wildman–Crippen MR) is 69.9 cm³/mol. The highest BCUT2D eigenvalue weighted by Gasteiger charge is 2.11. The summed E-state index contributed by atoms with van der Waals surface area (Å²) in [7, 11) is 0. The summed E-state index contributed by atoms with van der Waals surface area (Å²) in [5, 5.41) is 12.8. The number of benzene rings is 1. The normalized spacial score (nSPS) is 10.9. The molecule has 0 radical (unpaired) electrons. The van der Waals surface area contributed by atoms with Crippen LogP contribution < -0.4 is 0 Å². The average molecular weight is 260 g/mol. The van der Waals surface area contributed by atoms with Crippen molar-refractivity contribution in [1.82, 2.24) is 10.1 Å². The van der Waals surface area contributed by atoms with Gasteiger partial charge >= 0.3 is 5.97 Å². The van der Waals surface area contributed by atoms with Crippen LogP contribution in [0.5, 0.6) is 0 Å². The molecular formula is C14H16N2O3. The van der Waals surface area contributed by atoms with Crippen LogP contribution in [-0.4, -0.2) is 21.2 Å². The van der Waals surface area contributed by atoms with Crippen LogP contribution in [0.4, 0.5) is 0 Å². The van der Waals surface area contributed by atoms with Crippen LogP contribution in [0.15, 0.2) is 28.8 Å². The van der Waals surface area contributed by atoms with Gasteiger partial charge in [-0.05, 0) is 30.5 Å². The number of aromatic carboxylic acids is 1. The molecule has 0 spiro atoms. The minimum atomic E-state index is -0.971. The molecule has 0 aliphatic carbocycles. The van der Waals surface area contributed by atoms with Gasteiger partial charge in [0.05, 0.1) is 5.56 Å². The summed E-state index contributed by atoms with van der Waals surface area (Å²) < 4.78 is 5.16. The molecule has 1 aromatic heterocycles. The lowest BCUT2D eigenvalue weighted by molar-refractivity contribution is 0.0697. The van der Waals surface area contributed by atoms with Gasteiger partial charge in [-0.3, -0.25) is 0 Å². The van der Waals surface area contributed by atoms with Crippen LogP contribution >= 0.6 is 0 Å². The van der Waals surface area contributed by atoms with Crippen molar-refractivity contribution in [1.29, 1.82) is 0 Å². The van der Waals surface area contributed by atoms with E-state index in [1.54, 1.807) is 12.1 Å². The topological polar surface area (TPSA) is 76.2 Å². The van der Waals surface area contributed by atoms with Gasteiger partial charge in [0, 0.05) is 12.0 Å². The van der Waals surface area contributed by atoms with Gasteiger partial charge in [-0.1, -0.05) is 25.1 Å². The maximum absolute atomic E-state index is 10.9. The van der Waals surface area contributed by atoms with E-state index in [4.69, 9.17) is 9.63 Å². The second kappa shape index (κ2) is 5.65. The Morgan fingerprint density at radius 3 is 2.89 bits per heavy atom. The molecule has 0 atom stereocenters. The van der Waals surface area contributed by atoms with Gasteiger partial charge in [0.2, 0.25) is 0 Å². The third kappa shape index (κ3) is 3.40. The third-order valence-corrected chi connectivity index (χ3v) is 2.77. The Balaban J connectivity index is 2.18. The number of carbonyl (C=O) groups is 1. The Morgan fingerprint density at radius 2 is 2.21 bits per heavy atom. The van der Waals surface area contributed by atoms with Gasteiger partial charge in [-0.15, -0.1) is 0 Å². The van der Waals surface area contributed by atoms with Crippen molar-refractivity contribution >= 4 is 5.97 Å². The first-order valence-corrected chi connectivity index (χ1v) is 6.22. The standard InChI is InChI=1S/C14H16N2O3/c1-9(2)6-7-12-15-13(19-16-12)10-4-3-5-11(8-10)14(17)18/h3-5,8-9H,6-7H2,1-2H3,(H,17,18). The summed E-state index contributed by atoms with van der Waals surface area (Å²) in [6, 6.07) is 6.48. The Morgan fingerprint density at radius 1 is 1.42 bits per heavy atom. The average Bonchev–Trinajstić information content (AvgIpc) is 2.85. The van der Waals surface area contributed by atoms with Crippen LogP contribution in [0.2, 0.25) is 0 Å². The molecule has 1 aromatic carbocycles. The van der Waals surface area contributed by atoms with Gasteiger partial charge in [-0.25, -0.2) is 4.79 Å². The van der Waals surface area contributed by atoms with Crippen LogP contribution in [-0.2, 0) is 6.42 Å². The predicted octanol–water partition coefficient (Wildman–Crippen LogP) is 3.02. The van der Waals surface area contributed by atoms with Crippen molar-refractivity contribution in [2.45, 2.75) is 26.7 Å². The monoisotopic (exact) mass is 260 g/mol. The SMILES string of the molecule is CC(C)CCc1noc(-c2cccc(C(=O)O)c2)n1. The van der Waals surface area contributed by atoms with Gasteiger partial charge < -0.3 is 9.63 Å². The number of nitrogens with zero attached hydrogens (tertiary/aromatic N) is 2. The van der Waals surface area contributed by atoms with E-state index >= 15 is 0 Å². The lowest BCUT2D eigenvalue weighted by atomic mass is 10.1. The van der Waals surface area contributed by atoms with Crippen molar-refractivity contribution in [3.05, 3.63) is 35.7 Å². The Labute approximate surface area is 111 Å². The molecule has 0 aliphatic rings. The zero-order chi connectivity index (χ0) is 13.8. The largest absolute Gasteiger partial charge is 0.478 e. The van der Waals surface area contributed by atoms with E-state index in [0.29, 0.717) is 23.2 Å². The Hall–Kier alpha value is -2.17. The third-order valence-electron chi connectivity index (χ3n) is 2.77. The quantitative estimate of drug-likeness (QED) is 0.894. The fourth-order valence-electron chi connectivity index (χ4n) is 1.68. The maximum atomic E-state index is 10.9. The number of hydrogen-bond donors (Lipinski definition) is 1. The fourth-order valence-corrected chi connectivity index (χ4v) is 1.68. The molecular weight excluding hydrogens is 244 g/mol. The Kier molecular flexibility index (Phi) is 3.94. The van der Waals surface area contributed by atoms with Crippen molar-refractivity contribution in [2.75, 3.05) is 0 Å². The molecule has 0 aliphatic heterocycles. The molecule has 0 saturated carbocycles. The summed E-state index contributed by atoms with van der Waals surface area (Å²) in [5.74, 6) is 0.630. The number of hydrogen-bond acceptors (Lipinski definition) is 4. The van der Waals surface area contributed by atoms with E-state index in [-0.39, 0.29) is 5.56 Å². The van der Waals surface area contributed by atoms with E-state index in [9.17, 15) is 4.79 Å². The van der Waals surface area contributed by atoms with Crippen LogP contribution in [0.1, 0.15) is 36.5 Å². The number of rotatable bonds is 5. The lowest BCUT2D eigenvalue weighted by Crippen LogP contribution is -1.96. The van der Waals surface area contributed by atoms with Gasteiger partial charge in [-0.2, -0.15) is 4.98 Å². The van der Waals surface area contributed by atoms with Crippen molar-refractivity contribution in [3.8, 4) is 11.5 Å². The molecule has 5 nitrogen and oxygen atoms in total. The zero-order valence-corrected chi connectivity index (χ0v) is 11.0. The Bertz CT molecular complexity index is 576. The summed E-state index contributed by atoms with van der Waals surface area (Å²) in [6.07, 6.45) is 1.76. The maximum Gasteiger partial charge on any atom is 0.335 e. The fraction of sp³-hybridized carbons (Fsp3) is 0.357. The molecule has 100 valence electrons. The van der Waals surface area contributed by atoms with Gasteiger partial charge in [0.1, 0.15) is 0 Å². The van der Waals surface area contributed by atoms with Crippen LogP contribution in [0.25, 0.3) is 11.5 Å². The molecule has 0 unspecified atom stereocenters. The summed E-state index contributed by atoms with van der Waals surface area (Å²) in [4.78, 5) is 15.2. The molecule has 0 amide bonds. The molecule has 1 heterocycles. The van der Waals surface area contributed by atoms with E-state index < -0.39 is 5.97 Å². The second-order valence-corrected chi connectivity index (χ2v) is 4.83. The number of carboxylic acids is 1. The molecule has 2 aromatic rings. The first kappa shape index (κ1) is 13.3. The molecule has 0 fully saturated rings. The molecule has 0 bridgehead atoms. The minimum absolute atomic E-state index is 0.208. The molecule has 2 rings (SSSR count).